The maximum Gasteiger partial charge on any atom is 0.244 e. The van der Waals surface area contributed by atoms with E-state index in [1.54, 1.807) is 17.5 Å². The van der Waals surface area contributed by atoms with Crippen LogP contribution in [0.15, 0.2) is 26.0 Å². The molecule has 1 aromatic carbocycles. The highest BCUT2D eigenvalue weighted by atomic mass is 79.9. The predicted octanol–water partition coefficient (Wildman–Crippen LogP) is 3.18. The van der Waals surface area contributed by atoms with Crippen molar-refractivity contribution in [2.45, 2.75) is 18.2 Å². The van der Waals surface area contributed by atoms with Crippen LogP contribution in [0.4, 0.5) is 0 Å². The molecule has 1 aliphatic heterocycles. The van der Waals surface area contributed by atoms with Crippen molar-refractivity contribution >= 4 is 41.9 Å². The molecule has 20 heavy (non-hydrogen) atoms. The third kappa shape index (κ3) is 3.27. The van der Waals surface area contributed by atoms with Gasteiger partial charge in [-0.2, -0.15) is 4.31 Å². The Kier molecular flexibility index (Phi) is 5.29. The number of benzene rings is 1. The first-order valence-electron chi connectivity index (χ1n) is 6.31. The molecular weight excluding hydrogens is 410 g/mol. The molecule has 0 aliphatic carbocycles. The summed E-state index contributed by atoms with van der Waals surface area (Å²) in [5, 5.41) is 0. The number of hydrogen-bond acceptors (Lipinski definition) is 3. The van der Waals surface area contributed by atoms with Crippen molar-refractivity contribution in [3.8, 4) is 0 Å². The van der Waals surface area contributed by atoms with Crippen LogP contribution in [0.3, 0.4) is 0 Å². The molecule has 1 aromatic rings. The second-order valence-corrected chi connectivity index (χ2v) is 8.62. The van der Waals surface area contributed by atoms with Crippen molar-refractivity contribution in [3.63, 3.8) is 0 Å². The summed E-state index contributed by atoms with van der Waals surface area (Å²) < 4.78 is 33.5. The molecule has 0 bridgehead atoms. The van der Waals surface area contributed by atoms with E-state index >= 15 is 0 Å². The highest BCUT2D eigenvalue weighted by Gasteiger charge is 2.33. The van der Waals surface area contributed by atoms with Crippen LogP contribution in [0.25, 0.3) is 0 Å². The number of methoxy groups -OCH3 is 1. The van der Waals surface area contributed by atoms with E-state index in [2.05, 4.69) is 31.9 Å². The van der Waals surface area contributed by atoms with Crippen LogP contribution in [0.1, 0.15) is 12.0 Å². The van der Waals surface area contributed by atoms with Crippen LogP contribution < -0.4 is 0 Å². The quantitative estimate of drug-likeness (QED) is 0.742. The molecule has 0 saturated carbocycles. The van der Waals surface area contributed by atoms with E-state index < -0.39 is 10.0 Å². The minimum absolute atomic E-state index is 0.280. The molecule has 0 spiro atoms. The van der Waals surface area contributed by atoms with Crippen LogP contribution >= 0.6 is 31.9 Å². The van der Waals surface area contributed by atoms with Gasteiger partial charge in [0, 0.05) is 29.1 Å². The lowest BCUT2D eigenvalue weighted by Gasteiger charge is -2.18. The lowest BCUT2D eigenvalue weighted by Crippen LogP contribution is -2.29. The van der Waals surface area contributed by atoms with Crippen LogP contribution in [0.5, 0.6) is 0 Å². The van der Waals surface area contributed by atoms with Gasteiger partial charge in [0.2, 0.25) is 10.0 Å². The summed E-state index contributed by atoms with van der Waals surface area (Å²) in [6.07, 6.45) is 0.845. The zero-order valence-electron chi connectivity index (χ0n) is 11.4. The minimum Gasteiger partial charge on any atom is -0.384 e. The zero-order valence-corrected chi connectivity index (χ0v) is 15.4. The van der Waals surface area contributed by atoms with Gasteiger partial charge in [0.15, 0.2) is 0 Å². The maximum absolute atomic E-state index is 12.7. The molecule has 1 heterocycles. The largest absolute Gasteiger partial charge is 0.384 e. The molecule has 2 rings (SSSR count). The number of aryl methyl sites for hydroxylation is 1. The lowest BCUT2D eigenvalue weighted by molar-refractivity contribution is 0.157. The van der Waals surface area contributed by atoms with E-state index in [4.69, 9.17) is 4.74 Å². The molecule has 1 atom stereocenters. The highest BCUT2D eigenvalue weighted by Crippen LogP contribution is 2.32. The van der Waals surface area contributed by atoms with Gasteiger partial charge in [-0.1, -0.05) is 15.9 Å². The SMILES string of the molecule is COCC1CCN(S(=O)(=O)c2cc(Br)c(C)cc2Br)C1. The molecule has 0 aromatic heterocycles. The average molecular weight is 427 g/mol. The number of halogens is 2. The van der Waals surface area contributed by atoms with Crippen molar-refractivity contribution in [3.05, 3.63) is 26.6 Å². The Labute approximate surface area is 136 Å². The molecule has 1 unspecified atom stereocenters. The lowest BCUT2D eigenvalue weighted by atomic mass is 10.1. The first-order valence-corrected chi connectivity index (χ1v) is 9.33. The Morgan fingerprint density at radius 1 is 1.35 bits per heavy atom. The third-order valence-corrected chi connectivity index (χ3v) is 7.16. The Hall–Kier alpha value is 0.0500. The first kappa shape index (κ1) is 16.4. The van der Waals surface area contributed by atoms with Gasteiger partial charge in [-0.05, 0) is 52.9 Å². The van der Waals surface area contributed by atoms with Gasteiger partial charge in [-0.25, -0.2) is 8.42 Å². The Morgan fingerprint density at radius 3 is 2.70 bits per heavy atom. The molecule has 1 fully saturated rings. The fourth-order valence-electron chi connectivity index (χ4n) is 2.35. The van der Waals surface area contributed by atoms with E-state index in [9.17, 15) is 8.42 Å². The summed E-state index contributed by atoms with van der Waals surface area (Å²) in [5.41, 5.74) is 0.995. The normalized spacial score (nSPS) is 20.5. The molecule has 1 aliphatic rings. The fourth-order valence-corrected chi connectivity index (χ4v) is 5.52. The van der Waals surface area contributed by atoms with Gasteiger partial charge in [0.1, 0.15) is 0 Å². The Bertz CT molecular complexity index is 604. The van der Waals surface area contributed by atoms with Crippen molar-refractivity contribution < 1.29 is 13.2 Å². The maximum atomic E-state index is 12.7. The first-order chi connectivity index (χ1) is 9.36. The van der Waals surface area contributed by atoms with Gasteiger partial charge >= 0.3 is 0 Å². The Morgan fingerprint density at radius 2 is 2.05 bits per heavy atom. The highest BCUT2D eigenvalue weighted by molar-refractivity contribution is 9.11. The molecule has 0 radical (unpaired) electrons. The topological polar surface area (TPSA) is 46.6 Å². The monoisotopic (exact) mass is 425 g/mol. The summed E-state index contributed by atoms with van der Waals surface area (Å²) in [6.45, 7) is 3.60. The van der Waals surface area contributed by atoms with Gasteiger partial charge in [-0.15, -0.1) is 0 Å². The smallest absolute Gasteiger partial charge is 0.244 e. The molecule has 1 saturated heterocycles. The van der Waals surface area contributed by atoms with Crippen LogP contribution in [0.2, 0.25) is 0 Å². The summed E-state index contributed by atoms with van der Waals surface area (Å²) in [5.74, 6) is 0.280. The van der Waals surface area contributed by atoms with E-state index in [0.29, 0.717) is 29.1 Å². The molecular formula is C13H17Br2NO3S. The van der Waals surface area contributed by atoms with Gasteiger partial charge in [-0.3, -0.25) is 0 Å². The number of ether oxygens (including phenoxy) is 1. The number of rotatable bonds is 4. The van der Waals surface area contributed by atoms with Crippen LogP contribution in [0, 0.1) is 12.8 Å². The molecule has 7 heteroatoms. The van der Waals surface area contributed by atoms with E-state index in [-0.39, 0.29) is 5.92 Å². The molecule has 4 nitrogen and oxygen atoms in total. The molecule has 112 valence electrons. The Balaban J connectivity index is 2.30. The van der Waals surface area contributed by atoms with Crippen LogP contribution in [-0.4, -0.2) is 39.5 Å². The predicted molar refractivity (Wildman–Crippen MR) is 85.3 cm³/mol. The number of sulfonamides is 1. The van der Waals surface area contributed by atoms with Gasteiger partial charge in [0.05, 0.1) is 11.5 Å². The van der Waals surface area contributed by atoms with Crippen molar-refractivity contribution in [2.24, 2.45) is 5.92 Å². The van der Waals surface area contributed by atoms with E-state index in [1.165, 1.54) is 0 Å². The second-order valence-electron chi connectivity index (χ2n) is 5.00. The zero-order chi connectivity index (χ0) is 14.9. The van der Waals surface area contributed by atoms with Crippen LogP contribution in [-0.2, 0) is 14.8 Å². The summed E-state index contributed by atoms with van der Waals surface area (Å²) in [4.78, 5) is 0.313. The van der Waals surface area contributed by atoms with E-state index in [1.807, 2.05) is 13.0 Å². The van der Waals surface area contributed by atoms with E-state index in [0.717, 1.165) is 16.5 Å². The van der Waals surface area contributed by atoms with Gasteiger partial charge < -0.3 is 4.74 Å². The van der Waals surface area contributed by atoms with Crippen molar-refractivity contribution in [1.82, 2.24) is 4.31 Å². The fraction of sp³-hybridized carbons (Fsp3) is 0.538. The molecule has 0 N–H and O–H groups in total. The average Bonchev–Trinajstić information content (AvgIpc) is 2.83. The van der Waals surface area contributed by atoms with Crippen molar-refractivity contribution in [1.29, 1.82) is 0 Å². The summed E-state index contributed by atoms with van der Waals surface area (Å²) in [7, 11) is -1.82. The summed E-state index contributed by atoms with van der Waals surface area (Å²) in [6, 6.07) is 3.48. The number of nitrogens with zero attached hydrogens (tertiary/aromatic N) is 1. The molecule has 0 amide bonds. The summed E-state index contributed by atoms with van der Waals surface area (Å²) >= 11 is 6.75. The minimum atomic E-state index is -3.46. The van der Waals surface area contributed by atoms with Gasteiger partial charge in [0.25, 0.3) is 0 Å². The second kappa shape index (κ2) is 6.44. The standard InChI is InChI=1S/C13H17Br2NO3S/c1-9-5-12(15)13(6-11(9)14)20(17,18)16-4-3-10(7-16)8-19-2/h5-6,10H,3-4,7-8H2,1-2H3. The third-order valence-electron chi connectivity index (χ3n) is 3.48. The van der Waals surface area contributed by atoms with Crippen molar-refractivity contribution in [2.75, 3.05) is 26.8 Å². The number of hydrogen-bond donors (Lipinski definition) is 0.